The third-order valence-corrected chi connectivity index (χ3v) is 3.30. The molecule has 1 aliphatic rings. The molecule has 0 saturated carbocycles. The van der Waals surface area contributed by atoms with Gasteiger partial charge in [0.1, 0.15) is 5.15 Å². The summed E-state index contributed by atoms with van der Waals surface area (Å²) in [7, 11) is 2.18. The molecule has 1 fully saturated rings. The first-order valence-corrected chi connectivity index (χ1v) is 6.11. The first-order valence-electron chi connectivity index (χ1n) is 5.73. The highest BCUT2D eigenvalue weighted by Gasteiger charge is 2.19. The number of hydrogen-bond acceptors (Lipinski definition) is 3. The van der Waals surface area contributed by atoms with Crippen molar-refractivity contribution in [3.05, 3.63) is 23.5 Å². The molecule has 0 amide bonds. The van der Waals surface area contributed by atoms with Crippen molar-refractivity contribution in [2.45, 2.75) is 19.4 Å². The van der Waals surface area contributed by atoms with Gasteiger partial charge in [-0.3, -0.25) is 0 Å². The van der Waals surface area contributed by atoms with E-state index in [2.05, 4.69) is 28.8 Å². The predicted molar refractivity (Wildman–Crippen MR) is 68.2 cm³/mol. The second-order valence-electron chi connectivity index (χ2n) is 4.49. The van der Waals surface area contributed by atoms with Crippen LogP contribution in [0.4, 0.5) is 5.69 Å². The smallest absolute Gasteiger partial charge is 0.131 e. The van der Waals surface area contributed by atoms with E-state index in [4.69, 9.17) is 11.6 Å². The van der Waals surface area contributed by atoms with Crippen LogP contribution in [-0.2, 0) is 0 Å². The van der Waals surface area contributed by atoms with Gasteiger partial charge < -0.3 is 9.80 Å². The maximum Gasteiger partial charge on any atom is 0.131 e. The van der Waals surface area contributed by atoms with Gasteiger partial charge in [0.2, 0.25) is 0 Å². The zero-order valence-electron chi connectivity index (χ0n) is 9.86. The number of aromatic nitrogens is 1. The molecule has 4 heteroatoms. The number of halogens is 1. The summed E-state index contributed by atoms with van der Waals surface area (Å²) in [6, 6.07) is 4.50. The van der Waals surface area contributed by atoms with Crippen molar-refractivity contribution in [2.24, 2.45) is 0 Å². The van der Waals surface area contributed by atoms with Crippen LogP contribution < -0.4 is 4.90 Å². The molecule has 0 bridgehead atoms. The SMILES string of the molecule is CC1CN(C)CCCN1c1ccnc(Cl)c1. The van der Waals surface area contributed by atoms with Gasteiger partial charge in [-0.2, -0.15) is 0 Å². The zero-order chi connectivity index (χ0) is 11.5. The van der Waals surface area contributed by atoms with Gasteiger partial charge in [-0.15, -0.1) is 0 Å². The van der Waals surface area contributed by atoms with Gasteiger partial charge in [-0.05, 0) is 39.1 Å². The zero-order valence-corrected chi connectivity index (χ0v) is 10.6. The molecule has 0 radical (unpaired) electrons. The van der Waals surface area contributed by atoms with Crippen molar-refractivity contribution in [1.82, 2.24) is 9.88 Å². The first kappa shape index (κ1) is 11.7. The summed E-state index contributed by atoms with van der Waals surface area (Å²) < 4.78 is 0. The van der Waals surface area contributed by atoms with Crippen molar-refractivity contribution < 1.29 is 0 Å². The Hall–Kier alpha value is -0.800. The van der Waals surface area contributed by atoms with Crippen LogP contribution in [0.3, 0.4) is 0 Å². The molecule has 1 atom stereocenters. The van der Waals surface area contributed by atoms with E-state index in [9.17, 15) is 0 Å². The molecule has 1 aromatic rings. The Balaban J connectivity index is 2.19. The lowest BCUT2D eigenvalue weighted by Gasteiger charge is -2.30. The summed E-state index contributed by atoms with van der Waals surface area (Å²) in [4.78, 5) is 8.82. The molecule has 0 aromatic carbocycles. The molecule has 2 rings (SSSR count). The highest BCUT2D eigenvalue weighted by atomic mass is 35.5. The number of rotatable bonds is 1. The molecule has 1 unspecified atom stereocenters. The average Bonchev–Trinajstić information content (AvgIpc) is 2.39. The standard InChI is InChI=1S/C12H18ClN3/c1-10-9-15(2)6-3-7-16(10)11-4-5-14-12(13)8-11/h4-5,8,10H,3,6-7,9H2,1-2H3. The van der Waals surface area contributed by atoms with Gasteiger partial charge >= 0.3 is 0 Å². The molecule has 16 heavy (non-hydrogen) atoms. The largest absolute Gasteiger partial charge is 0.367 e. The maximum absolute atomic E-state index is 5.93. The number of nitrogens with zero attached hydrogens (tertiary/aromatic N) is 3. The number of likely N-dealkylation sites (N-methyl/N-ethyl adjacent to an activating group) is 1. The minimum Gasteiger partial charge on any atom is -0.367 e. The van der Waals surface area contributed by atoms with Crippen LogP contribution in [-0.4, -0.2) is 42.6 Å². The molecule has 2 heterocycles. The van der Waals surface area contributed by atoms with Gasteiger partial charge in [0.05, 0.1) is 0 Å². The van der Waals surface area contributed by atoms with Crippen molar-refractivity contribution in [1.29, 1.82) is 0 Å². The fourth-order valence-electron chi connectivity index (χ4n) is 2.33. The summed E-state index contributed by atoms with van der Waals surface area (Å²) in [6.45, 7) is 5.61. The Morgan fingerprint density at radius 3 is 3.00 bits per heavy atom. The molecule has 88 valence electrons. The van der Waals surface area contributed by atoms with Gasteiger partial charge in [0.15, 0.2) is 0 Å². The van der Waals surface area contributed by atoms with Crippen LogP contribution >= 0.6 is 11.6 Å². The Morgan fingerprint density at radius 2 is 2.25 bits per heavy atom. The third-order valence-electron chi connectivity index (χ3n) is 3.09. The Kier molecular flexibility index (Phi) is 3.66. The number of pyridine rings is 1. The maximum atomic E-state index is 5.93. The molecule has 0 N–H and O–H groups in total. The normalized spacial score (nSPS) is 23.2. The summed E-state index contributed by atoms with van der Waals surface area (Å²) >= 11 is 5.93. The molecule has 0 spiro atoms. The first-order chi connectivity index (χ1) is 7.66. The summed E-state index contributed by atoms with van der Waals surface area (Å²) in [5.41, 5.74) is 1.18. The van der Waals surface area contributed by atoms with Crippen molar-refractivity contribution in [3.8, 4) is 0 Å². The van der Waals surface area contributed by atoms with Gasteiger partial charge in [-0.1, -0.05) is 11.6 Å². The second-order valence-corrected chi connectivity index (χ2v) is 4.88. The Morgan fingerprint density at radius 1 is 1.44 bits per heavy atom. The van der Waals surface area contributed by atoms with E-state index < -0.39 is 0 Å². The van der Waals surface area contributed by atoms with E-state index in [-0.39, 0.29) is 0 Å². The van der Waals surface area contributed by atoms with E-state index in [0.717, 1.165) is 13.1 Å². The Labute approximate surface area is 102 Å². The topological polar surface area (TPSA) is 19.4 Å². The van der Waals surface area contributed by atoms with Crippen LogP contribution in [0.15, 0.2) is 18.3 Å². The molecule has 3 nitrogen and oxygen atoms in total. The van der Waals surface area contributed by atoms with Crippen LogP contribution in [0.1, 0.15) is 13.3 Å². The fourth-order valence-corrected chi connectivity index (χ4v) is 2.49. The van der Waals surface area contributed by atoms with Gasteiger partial charge in [-0.25, -0.2) is 4.98 Å². The second kappa shape index (κ2) is 5.02. The number of anilines is 1. The summed E-state index contributed by atoms with van der Waals surface area (Å²) in [5.74, 6) is 0. The summed E-state index contributed by atoms with van der Waals surface area (Å²) in [5, 5.41) is 0.572. The van der Waals surface area contributed by atoms with E-state index in [1.807, 2.05) is 12.1 Å². The van der Waals surface area contributed by atoms with E-state index >= 15 is 0 Å². The van der Waals surface area contributed by atoms with Crippen LogP contribution in [0.25, 0.3) is 0 Å². The Bertz CT molecular complexity index is 356. The molecule has 1 aliphatic heterocycles. The lowest BCUT2D eigenvalue weighted by atomic mass is 10.2. The van der Waals surface area contributed by atoms with Crippen molar-refractivity contribution in [2.75, 3.05) is 31.6 Å². The number of hydrogen-bond donors (Lipinski definition) is 0. The molecule has 1 saturated heterocycles. The predicted octanol–water partition coefficient (Wildman–Crippen LogP) is 2.27. The van der Waals surface area contributed by atoms with E-state index in [1.54, 1.807) is 6.20 Å². The van der Waals surface area contributed by atoms with Gasteiger partial charge in [0.25, 0.3) is 0 Å². The fraction of sp³-hybridized carbons (Fsp3) is 0.583. The quantitative estimate of drug-likeness (QED) is 0.701. The highest BCUT2D eigenvalue weighted by molar-refractivity contribution is 6.29. The molecular formula is C12H18ClN3. The molecule has 0 aliphatic carbocycles. The molecular weight excluding hydrogens is 222 g/mol. The van der Waals surface area contributed by atoms with Crippen LogP contribution in [0.2, 0.25) is 5.15 Å². The molecule has 1 aromatic heterocycles. The highest BCUT2D eigenvalue weighted by Crippen LogP contribution is 2.21. The van der Waals surface area contributed by atoms with Crippen molar-refractivity contribution in [3.63, 3.8) is 0 Å². The summed E-state index contributed by atoms with van der Waals surface area (Å²) in [6.07, 6.45) is 2.97. The minimum atomic E-state index is 0.519. The minimum absolute atomic E-state index is 0.519. The third kappa shape index (κ3) is 2.66. The van der Waals surface area contributed by atoms with Crippen LogP contribution in [0, 0.1) is 0 Å². The van der Waals surface area contributed by atoms with Gasteiger partial charge in [0, 0.05) is 31.0 Å². The monoisotopic (exact) mass is 239 g/mol. The lowest BCUT2D eigenvalue weighted by Crippen LogP contribution is -2.37. The van der Waals surface area contributed by atoms with Crippen molar-refractivity contribution >= 4 is 17.3 Å². The van der Waals surface area contributed by atoms with E-state index in [1.165, 1.54) is 18.7 Å². The van der Waals surface area contributed by atoms with Crippen LogP contribution in [0.5, 0.6) is 0 Å². The van der Waals surface area contributed by atoms with E-state index in [0.29, 0.717) is 11.2 Å². The average molecular weight is 240 g/mol. The lowest BCUT2D eigenvalue weighted by molar-refractivity contribution is 0.337.